The van der Waals surface area contributed by atoms with Gasteiger partial charge in [0.1, 0.15) is 24.3 Å². The van der Waals surface area contributed by atoms with Crippen molar-refractivity contribution in [1.29, 1.82) is 0 Å². The van der Waals surface area contributed by atoms with Gasteiger partial charge in [-0.1, -0.05) is 127 Å². The monoisotopic (exact) mass is 696 g/mol. The molecular formula is C48H36N6. The van der Waals surface area contributed by atoms with Gasteiger partial charge < -0.3 is 20.9 Å². The quantitative estimate of drug-likeness (QED) is 0.172. The van der Waals surface area contributed by atoms with E-state index in [2.05, 4.69) is 183 Å². The fourth-order valence-electron chi connectivity index (χ4n) is 9.48. The van der Waals surface area contributed by atoms with Crippen molar-refractivity contribution in [3.63, 3.8) is 0 Å². The number of para-hydroxylation sites is 4. The second-order valence-electron chi connectivity index (χ2n) is 14.9. The van der Waals surface area contributed by atoms with Crippen LogP contribution in [0.4, 0.5) is 28.4 Å². The SMILES string of the molecule is c1ccc2c(c1)CCC1=C2C2Nc3ccccc3N2C(c2ccc(-c3ccc(C4=Nc5ccc6ccccc6c5C5Nc6ccccc6N45)cc3)cc2)N1. The molecule has 0 saturated carbocycles. The fourth-order valence-corrected chi connectivity index (χ4v) is 9.48. The summed E-state index contributed by atoms with van der Waals surface area (Å²) < 4.78 is 0. The van der Waals surface area contributed by atoms with Gasteiger partial charge in [-0.25, -0.2) is 4.99 Å². The lowest BCUT2D eigenvalue weighted by Gasteiger charge is -2.45. The average molecular weight is 697 g/mol. The number of fused-ring (bicyclic) bond motifs is 13. The Bertz CT molecular complexity index is 2730. The van der Waals surface area contributed by atoms with E-state index in [9.17, 15) is 0 Å². The number of anilines is 4. The summed E-state index contributed by atoms with van der Waals surface area (Å²) in [4.78, 5) is 10.2. The Balaban J connectivity index is 0.888. The van der Waals surface area contributed by atoms with E-state index < -0.39 is 0 Å². The van der Waals surface area contributed by atoms with Crippen molar-refractivity contribution in [2.75, 3.05) is 20.4 Å². The highest BCUT2D eigenvalue weighted by molar-refractivity contribution is 6.17. The first-order chi connectivity index (χ1) is 26.8. The molecule has 6 nitrogen and oxygen atoms in total. The maximum absolute atomic E-state index is 5.34. The van der Waals surface area contributed by atoms with E-state index in [4.69, 9.17) is 4.99 Å². The molecule has 12 rings (SSSR count). The van der Waals surface area contributed by atoms with Crippen LogP contribution in [-0.2, 0) is 6.42 Å². The van der Waals surface area contributed by atoms with Crippen molar-refractivity contribution in [3.8, 4) is 11.1 Å². The lowest BCUT2D eigenvalue weighted by atomic mass is 9.85. The summed E-state index contributed by atoms with van der Waals surface area (Å²) in [5.41, 5.74) is 17.1. The summed E-state index contributed by atoms with van der Waals surface area (Å²) in [5, 5.41) is 14.2. The summed E-state index contributed by atoms with van der Waals surface area (Å²) in [6.45, 7) is 0. The highest BCUT2D eigenvalue weighted by Crippen LogP contribution is 2.51. The first kappa shape index (κ1) is 29.8. The summed E-state index contributed by atoms with van der Waals surface area (Å²) in [5.74, 6) is 0.957. The van der Waals surface area contributed by atoms with E-state index in [1.807, 2.05) is 0 Å². The number of nitrogens with one attached hydrogen (secondary N) is 3. The zero-order valence-electron chi connectivity index (χ0n) is 29.5. The molecule has 0 aromatic heterocycles. The number of aryl methyl sites for hydroxylation is 1. The molecule has 3 N–H and O–H groups in total. The number of hydrogen-bond donors (Lipinski definition) is 3. The summed E-state index contributed by atoms with van der Waals surface area (Å²) in [7, 11) is 0. The second-order valence-corrected chi connectivity index (χ2v) is 14.9. The molecule has 5 aliphatic rings. The second kappa shape index (κ2) is 11.4. The van der Waals surface area contributed by atoms with Gasteiger partial charge in [-0.3, -0.25) is 4.90 Å². The molecule has 54 heavy (non-hydrogen) atoms. The molecule has 6 heteroatoms. The molecule has 258 valence electrons. The number of benzene rings is 7. The standard InChI is InChI=1S/C48H36N6/c1-3-11-35-31(9-1)25-27-39-43(35)47-49-37-13-5-7-15-41(37)53(47)45(51-39)33-21-17-29(18-22-33)30-19-23-34(24-20-30)46-52-40-28-26-32-10-2-4-12-36(32)44(40)48-50-38-14-6-8-16-42(38)54(46)48/h1-25,27,46-50,52H,26,28H2. The molecule has 0 spiro atoms. The molecule has 4 aliphatic heterocycles. The van der Waals surface area contributed by atoms with Gasteiger partial charge in [0.15, 0.2) is 0 Å². The minimum Gasteiger partial charge on any atom is -0.364 e. The van der Waals surface area contributed by atoms with E-state index in [0.717, 1.165) is 41.3 Å². The summed E-state index contributed by atoms with van der Waals surface area (Å²) in [6, 6.07) is 57.2. The smallest absolute Gasteiger partial charge is 0.143 e. The van der Waals surface area contributed by atoms with Crippen LogP contribution >= 0.6 is 0 Å². The average Bonchev–Trinajstić information content (AvgIpc) is 3.83. The van der Waals surface area contributed by atoms with E-state index in [-0.39, 0.29) is 18.5 Å². The number of amidine groups is 1. The highest BCUT2D eigenvalue weighted by atomic mass is 15.4. The molecule has 0 saturated heterocycles. The topological polar surface area (TPSA) is 54.9 Å². The maximum atomic E-state index is 5.34. The molecule has 1 aliphatic carbocycles. The lowest BCUT2D eigenvalue weighted by Crippen LogP contribution is -2.51. The van der Waals surface area contributed by atoms with Gasteiger partial charge in [0.2, 0.25) is 0 Å². The van der Waals surface area contributed by atoms with Gasteiger partial charge in [-0.15, -0.1) is 0 Å². The van der Waals surface area contributed by atoms with Crippen molar-refractivity contribution >= 4 is 50.6 Å². The van der Waals surface area contributed by atoms with Crippen LogP contribution in [0.1, 0.15) is 46.6 Å². The first-order valence-corrected chi connectivity index (χ1v) is 18.9. The summed E-state index contributed by atoms with van der Waals surface area (Å²) >= 11 is 0. The van der Waals surface area contributed by atoms with Crippen LogP contribution in [0.15, 0.2) is 168 Å². The third kappa shape index (κ3) is 4.31. The predicted molar refractivity (Wildman–Crippen MR) is 221 cm³/mol. The van der Waals surface area contributed by atoms with Gasteiger partial charge >= 0.3 is 0 Å². The van der Waals surface area contributed by atoms with Gasteiger partial charge in [0.05, 0.1) is 28.4 Å². The van der Waals surface area contributed by atoms with Gasteiger partial charge in [-0.2, -0.15) is 0 Å². The molecule has 0 bridgehead atoms. The van der Waals surface area contributed by atoms with Crippen molar-refractivity contribution in [3.05, 3.63) is 191 Å². The Morgan fingerprint density at radius 3 is 2.04 bits per heavy atom. The number of allylic oxidation sites excluding steroid dienone is 1. The van der Waals surface area contributed by atoms with E-state index in [1.54, 1.807) is 0 Å². The fraction of sp³-hybridized carbons (Fsp3) is 0.104. The molecule has 7 aromatic rings. The van der Waals surface area contributed by atoms with Crippen LogP contribution in [0.5, 0.6) is 0 Å². The van der Waals surface area contributed by atoms with Crippen molar-refractivity contribution in [1.82, 2.24) is 5.32 Å². The minimum atomic E-state index is -0.0378. The molecule has 3 unspecified atom stereocenters. The van der Waals surface area contributed by atoms with Gasteiger partial charge in [0, 0.05) is 22.4 Å². The van der Waals surface area contributed by atoms with Crippen molar-refractivity contribution in [2.45, 2.75) is 31.3 Å². The largest absolute Gasteiger partial charge is 0.364 e. The molecule has 7 aromatic carbocycles. The maximum Gasteiger partial charge on any atom is 0.143 e. The highest BCUT2D eigenvalue weighted by Gasteiger charge is 2.44. The Morgan fingerprint density at radius 2 is 1.19 bits per heavy atom. The number of aliphatic imine (C=N–C) groups is 1. The molecule has 0 radical (unpaired) electrons. The van der Waals surface area contributed by atoms with Crippen LogP contribution in [0, 0.1) is 0 Å². The predicted octanol–water partition coefficient (Wildman–Crippen LogP) is 10.7. The molecule has 3 atom stereocenters. The Morgan fingerprint density at radius 1 is 0.519 bits per heavy atom. The third-order valence-electron chi connectivity index (χ3n) is 12.0. The number of hydrogen-bond acceptors (Lipinski definition) is 6. The van der Waals surface area contributed by atoms with E-state index >= 15 is 0 Å². The minimum absolute atomic E-state index is 0.0146. The van der Waals surface area contributed by atoms with Crippen molar-refractivity contribution in [2.24, 2.45) is 4.99 Å². The van der Waals surface area contributed by atoms with Crippen molar-refractivity contribution < 1.29 is 0 Å². The normalized spacial score (nSPS) is 19.9. The molecule has 4 heterocycles. The van der Waals surface area contributed by atoms with Crippen LogP contribution in [-0.4, -0.2) is 12.0 Å². The number of rotatable bonds is 3. The molecule has 0 fully saturated rings. The lowest BCUT2D eigenvalue weighted by molar-refractivity contribution is 0.505. The zero-order valence-corrected chi connectivity index (χ0v) is 29.5. The van der Waals surface area contributed by atoms with Crippen LogP contribution < -0.4 is 25.8 Å². The van der Waals surface area contributed by atoms with Gasteiger partial charge in [0.25, 0.3) is 0 Å². The van der Waals surface area contributed by atoms with Crippen LogP contribution in [0.3, 0.4) is 0 Å². The third-order valence-corrected chi connectivity index (χ3v) is 12.0. The number of nitrogens with zero attached hydrogens (tertiary/aromatic N) is 3. The zero-order chi connectivity index (χ0) is 35.3. The Kier molecular flexibility index (Phi) is 6.26. The molecular weight excluding hydrogens is 661 g/mol. The van der Waals surface area contributed by atoms with E-state index in [0.29, 0.717) is 0 Å². The Hall–Kier alpha value is -6.79. The van der Waals surface area contributed by atoms with Gasteiger partial charge in [-0.05, 0) is 81.8 Å². The van der Waals surface area contributed by atoms with Crippen LogP contribution in [0.2, 0.25) is 0 Å². The van der Waals surface area contributed by atoms with E-state index in [1.165, 1.54) is 66.8 Å². The van der Waals surface area contributed by atoms with Crippen LogP contribution in [0.25, 0.3) is 27.5 Å². The first-order valence-electron chi connectivity index (χ1n) is 18.9. The Labute approximate surface area is 314 Å². The molecule has 0 amide bonds. The summed E-state index contributed by atoms with van der Waals surface area (Å²) in [6.07, 6.45) is 2.12.